The molecule has 188 valence electrons. The summed E-state index contributed by atoms with van der Waals surface area (Å²) in [4.78, 5) is 32.9. The standard InChI is InChI=1S/C29H26N2O5S/c1-4-35-20-12-10-18(11-13-20)25-24(26(32)19-8-6-17(3)7-9-19)27(33)28(34)31(25)29-30-22-15-14-21(36-5-2)16-23(22)37-29/h6-16,25,32H,4-5H2,1-3H3/b26-24+. The predicted molar refractivity (Wildman–Crippen MR) is 144 cm³/mol. The minimum Gasteiger partial charge on any atom is -0.507 e. The van der Waals surface area contributed by atoms with Gasteiger partial charge in [0, 0.05) is 5.56 Å². The van der Waals surface area contributed by atoms with Gasteiger partial charge in [0.1, 0.15) is 17.3 Å². The lowest BCUT2D eigenvalue weighted by molar-refractivity contribution is -0.132. The van der Waals surface area contributed by atoms with Crippen LogP contribution in [0.2, 0.25) is 0 Å². The Morgan fingerprint density at radius 1 is 0.946 bits per heavy atom. The number of carbonyl (C=O) groups is 2. The lowest BCUT2D eigenvalue weighted by Gasteiger charge is -2.23. The molecule has 1 aliphatic heterocycles. The number of aliphatic hydroxyl groups excluding tert-OH is 1. The molecule has 1 aliphatic rings. The van der Waals surface area contributed by atoms with Gasteiger partial charge in [0.25, 0.3) is 5.78 Å². The summed E-state index contributed by atoms with van der Waals surface area (Å²) < 4.78 is 12.0. The topological polar surface area (TPSA) is 89.0 Å². The number of Topliss-reactive ketones (excluding diaryl/α,β-unsaturated/α-hetero) is 1. The number of ether oxygens (including phenoxy) is 2. The van der Waals surface area contributed by atoms with Crippen LogP contribution in [0.3, 0.4) is 0 Å². The molecule has 2 heterocycles. The second-order valence-corrected chi connectivity index (χ2v) is 9.61. The van der Waals surface area contributed by atoms with Crippen molar-refractivity contribution >= 4 is 44.1 Å². The van der Waals surface area contributed by atoms with Crippen LogP contribution in [0.1, 0.15) is 36.6 Å². The molecule has 1 amide bonds. The van der Waals surface area contributed by atoms with Crippen molar-refractivity contribution in [2.75, 3.05) is 18.1 Å². The zero-order valence-electron chi connectivity index (χ0n) is 20.7. The first-order chi connectivity index (χ1) is 17.9. The van der Waals surface area contributed by atoms with Crippen molar-refractivity contribution in [1.82, 2.24) is 4.98 Å². The summed E-state index contributed by atoms with van der Waals surface area (Å²) in [5.74, 6) is -0.345. The molecule has 3 aromatic carbocycles. The number of amides is 1. The third kappa shape index (κ3) is 4.56. The Bertz CT molecular complexity index is 1510. The van der Waals surface area contributed by atoms with Crippen LogP contribution in [0.15, 0.2) is 72.3 Å². The highest BCUT2D eigenvalue weighted by atomic mass is 32.1. The molecule has 4 aromatic rings. The maximum atomic E-state index is 13.5. The number of rotatable bonds is 7. The molecule has 0 spiro atoms. The molecule has 8 heteroatoms. The van der Waals surface area contributed by atoms with Crippen LogP contribution in [0.5, 0.6) is 11.5 Å². The highest BCUT2D eigenvalue weighted by molar-refractivity contribution is 7.22. The van der Waals surface area contributed by atoms with Gasteiger partial charge in [-0.25, -0.2) is 4.98 Å². The predicted octanol–water partition coefficient (Wildman–Crippen LogP) is 6.03. The summed E-state index contributed by atoms with van der Waals surface area (Å²) in [7, 11) is 0. The van der Waals surface area contributed by atoms with E-state index in [-0.39, 0.29) is 11.3 Å². The van der Waals surface area contributed by atoms with Crippen LogP contribution in [-0.4, -0.2) is 35.0 Å². The van der Waals surface area contributed by atoms with Gasteiger partial charge in [0.15, 0.2) is 5.13 Å². The van der Waals surface area contributed by atoms with Crippen LogP contribution in [0.4, 0.5) is 5.13 Å². The number of anilines is 1. The van der Waals surface area contributed by atoms with Crippen LogP contribution in [-0.2, 0) is 9.59 Å². The lowest BCUT2D eigenvalue weighted by atomic mass is 9.95. The summed E-state index contributed by atoms with van der Waals surface area (Å²) >= 11 is 1.29. The van der Waals surface area contributed by atoms with E-state index in [0.29, 0.717) is 46.5 Å². The lowest BCUT2D eigenvalue weighted by Crippen LogP contribution is -2.29. The Balaban J connectivity index is 1.67. The highest BCUT2D eigenvalue weighted by Gasteiger charge is 2.48. The van der Waals surface area contributed by atoms with Gasteiger partial charge in [-0.1, -0.05) is 53.3 Å². The molecule has 37 heavy (non-hydrogen) atoms. The van der Waals surface area contributed by atoms with E-state index in [2.05, 4.69) is 4.98 Å². The fourth-order valence-electron chi connectivity index (χ4n) is 4.38. The molecule has 1 aromatic heterocycles. The molecule has 0 bridgehead atoms. The molecule has 0 radical (unpaired) electrons. The average molecular weight is 515 g/mol. The SMILES string of the molecule is CCOc1ccc(C2/C(=C(\O)c3ccc(C)cc3)C(=O)C(=O)N2c2nc3ccc(OCC)cc3s2)cc1. The van der Waals surface area contributed by atoms with E-state index in [1.165, 1.54) is 16.2 Å². The highest BCUT2D eigenvalue weighted by Crippen LogP contribution is 2.44. The number of aliphatic hydroxyl groups is 1. The molecule has 1 unspecified atom stereocenters. The Hall–Kier alpha value is -4.17. The number of ketones is 1. The van der Waals surface area contributed by atoms with E-state index in [1.54, 1.807) is 36.4 Å². The molecule has 7 nitrogen and oxygen atoms in total. The van der Waals surface area contributed by atoms with Crippen LogP contribution < -0.4 is 14.4 Å². The van der Waals surface area contributed by atoms with Gasteiger partial charge in [0.05, 0.1) is 35.0 Å². The molecular weight excluding hydrogens is 488 g/mol. The van der Waals surface area contributed by atoms with Crippen LogP contribution in [0, 0.1) is 6.92 Å². The Morgan fingerprint density at radius 2 is 1.59 bits per heavy atom. The van der Waals surface area contributed by atoms with Crippen molar-refractivity contribution in [2.24, 2.45) is 0 Å². The number of thiazole rings is 1. The van der Waals surface area contributed by atoms with Gasteiger partial charge in [-0.05, 0) is 56.7 Å². The second kappa shape index (κ2) is 10.1. The van der Waals surface area contributed by atoms with Crippen molar-refractivity contribution in [3.8, 4) is 11.5 Å². The van der Waals surface area contributed by atoms with Crippen molar-refractivity contribution in [2.45, 2.75) is 26.8 Å². The van der Waals surface area contributed by atoms with Crippen LogP contribution in [0.25, 0.3) is 16.0 Å². The maximum Gasteiger partial charge on any atom is 0.301 e. The van der Waals surface area contributed by atoms with Crippen molar-refractivity contribution in [1.29, 1.82) is 0 Å². The van der Waals surface area contributed by atoms with E-state index >= 15 is 0 Å². The first-order valence-corrected chi connectivity index (χ1v) is 12.9. The molecule has 1 fully saturated rings. The van der Waals surface area contributed by atoms with Gasteiger partial charge in [-0.2, -0.15) is 0 Å². The zero-order valence-corrected chi connectivity index (χ0v) is 21.5. The number of hydrogen-bond acceptors (Lipinski definition) is 7. The summed E-state index contributed by atoms with van der Waals surface area (Å²) in [5, 5.41) is 11.7. The van der Waals surface area contributed by atoms with Gasteiger partial charge in [-0.15, -0.1) is 0 Å². The molecule has 0 saturated carbocycles. The number of benzene rings is 3. The average Bonchev–Trinajstić information content (AvgIpc) is 3.43. The molecule has 1 N–H and O–H groups in total. The number of fused-ring (bicyclic) bond motifs is 1. The van der Waals surface area contributed by atoms with E-state index in [9.17, 15) is 14.7 Å². The number of carbonyl (C=O) groups excluding carboxylic acids is 2. The van der Waals surface area contributed by atoms with E-state index in [4.69, 9.17) is 9.47 Å². The summed E-state index contributed by atoms with van der Waals surface area (Å²) in [6, 6.07) is 19.0. The van der Waals surface area contributed by atoms with Crippen LogP contribution >= 0.6 is 11.3 Å². The van der Waals surface area contributed by atoms with E-state index in [0.717, 1.165) is 10.3 Å². The van der Waals surface area contributed by atoms with Crippen molar-refractivity contribution in [3.63, 3.8) is 0 Å². The Morgan fingerprint density at radius 3 is 2.27 bits per heavy atom. The number of nitrogens with zero attached hydrogens (tertiary/aromatic N) is 2. The zero-order chi connectivity index (χ0) is 26.1. The molecule has 1 atom stereocenters. The Kier molecular flexibility index (Phi) is 6.67. The number of aromatic nitrogens is 1. The summed E-state index contributed by atoms with van der Waals surface area (Å²) in [5.41, 5.74) is 2.85. The summed E-state index contributed by atoms with van der Waals surface area (Å²) in [6.45, 7) is 6.79. The normalized spacial score (nSPS) is 16.9. The van der Waals surface area contributed by atoms with Crippen molar-refractivity contribution in [3.05, 3.63) is 89.0 Å². The van der Waals surface area contributed by atoms with E-state index in [1.807, 2.05) is 51.1 Å². The third-order valence-electron chi connectivity index (χ3n) is 6.14. The van der Waals surface area contributed by atoms with Gasteiger partial charge in [0.2, 0.25) is 0 Å². The van der Waals surface area contributed by atoms with Crippen molar-refractivity contribution < 1.29 is 24.2 Å². The molecule has 1 saturated heterocycles. The van der Waals surface area contributed by atoms with E-state index < -0.39 is 17.7 Å². The van der Waals surface area contributed by atoms with Gasteiger partial charge < -0.3 is 14.6 Å². The quantitative estimate of drug-likeness (QED) is 0.184. The minimum absolute atomic E-state index is 0.0206. The smallest absolute Gasteiger partial charge is 0.301 e. The summed E-state index contributed by atoms with van der Waals surface area (Å²) in [6.07, 6.45) is 0. The minimum atomic E-state index is -0.857. The first kappa shape index (κ1) is 24.5. The number of hydrogen-bond donors (Lipinski definition) is 1. The molecule has 5 rings (SSSR count). The second-order valence-electron chi connectivity index (χ2n) is 8.60. The largest absolute Gasteiger partial charge is 0.507 e. The molecule has 0 aliphatic carbocycles. The Labute approximate surface area is 218 Å². The first-order valence-electron chi connectivity index (χ1n) is 12.1. The molecular formula is C29H26N2O5S. The van der Waals surface area contributed by atoms with Gasteiger partial charge in [-0.3, -0.25) is 14.5 Å². The fraction of sp³-hybridized carbons (Fsp3) is 0.207. The fourth-order valence-corrected chi connectivity index (χ4v) is 5.40. The monoisotopic (exact) mass is 514 g/mol. The van der Waals surface area contributed by atoms with Gasteiger partial charge >= 0.3 is 5.91 Å². The third-order valence-corrected chi connectivity index (χ3v) is 7.16. The maximum absolute atomic E-state index is 13.5. The number of aryl methyl sites for hydroxylation is 1.